The summed E-state index contributed by atoms with van der Waals surface area (Å²) in [5, 5.41) is 9.18. The summed E-state index contributed by atoms with van der Waals surface area (Å²) in [6.45, 7) is -0.722. The van der Waals surface area contributed by atoms with Crippen molar-refractivity contribution in [2.45, 2.75) is 18.8 Å². The van der Waals surface area contributed by atoms with Crippen LogP contribution in [0.4, 0.5) is 10.2 Å². The topological polar surface area (TPSA) is 99.1 Å². The van der Waals surface area contributed by atoms with Crippen LogP contribution in [0.15, 0.2) is 12.7 Å². The summed E-state index contributed by atoms with van der Waals surface area (Å²) in [7, 11) is 0. The normalized spacial score (nSPS) is 27.2. The van der Waals surface area contributed by atoms with Gasteiger partial charge in [-0.15, -0.1) is 0 Å². The molecule has 1 saturated heterocycles. The minimum Gasteiger partial charge on any atom is -0.394 e. The standard InChI is InChI=1S/C11H14FN5O2/c12-2-6-1-8(19-7(6)3-18)17-5-16-9-10(13)14-4-15-11(9)17/h4-8,18H,1-3H2,(H2,13,14,15)/t6?,7-,8-/m1/s1. The quantitative estimate of drug-likeness (QED) is 0.828. The third kappa shape index (κ3) is 1.92. The molecule has 0 aliphatic carbocycles. The lowest BCUT2D eigenvalue weighted by Crippen LogP contribution is -2.21. The van der Waals surface area contributed by atoms with Gasteiger partial charge in [0, 0.05) is 12.3 Å². The second-order valence-corrected chi connectivity index (χ2v) is 4.54. The van der Waals surface area contributed by atoms with E-state index in [-0.39, 0.29) is 12.5 Å². The van der Waals surface area contributed by atoms with E-state index in [0.717, 1.165) is 0 Å². The van der Waals surface area contributed by atoms with E-state index in [1.165, 1.54) is 6.33 Å². The highest BCUT2D eigenvalue weighted by atomic mass is 19.1. The fourth-order valence-corrected chi connectivity index (χ4v) is 2.39. The lowest BCUT2D eigenvalue weighted by molar-refractivity contribution is -0.0307. The lowest BCUT2D eigenvalue weighted by Gasteiger charge is -2.14. The van der Waals surface area contributed by atoms with E-state index in [2.05, 4.69) is 15.0 Å². The summed E-state index contributed by atoms with van der Waals surface area (Å²) in [6.07, 6.45) is 2.48. The monoisotopic (exact) mass is 267 g/mol. The van der Waals surface area contributed by atoms with Crippen molar-refractivity contribution in [3.8, 4) is 0 Å². The maximum absolute atomic E-state index is 12.9. The maximum atomic E-state index is 12.9. The molecule has 0 radical (unpaired) electrons. The lowest BCUT2D eigenvalue weighted by atomic mass is 10.0. The molecular weight excluding hydrogens is 253 g/mol. The van der Waals surface area contributed by atoms with E-state index in [0.29, 0.717) is 23.4 Å². The molecule has 0 spiro atoms. The summed E-state index contributed by atoms with van der Waals surface area (Å²) >= 11 is 0. The number of ether oxygens (including phenoxy) is 1. The zero-order valence-electron chi connectivity index (χ0n) is 10.1. The number of aliphatic hydroxyl groups excluding tert-OH is 1. The van der Waals surface area contributed by atoms with E-state index in [1.54, 1.807) is 10.9 Å². The van der Waals surface area contributed by atoms with Crippen molar-refractivity contribution in [2.24, 2.45) is 5.92 Å². The number of imidazole rings is 1. The average molecular weight is 267 g/mol. The van der Waals surface area contributed by atoms with Gasteiger partial charge in [-0.25, -0.2) is 15.0 Å². The third-order valence-corrected chi connectivity index (χ3v) is 3.44. The Labute approximate surface area is 108 Å². The number of alkyl halides is 1. The molecule has 0 saturated carbocycles. The van der Waals surface area contributed by atoms with Crippen LogP contribution < -0.4 is 5.73 Å². The van der Waals surface area contributed by atoms with Gasteiger partial charge in [0.15, 0.2) is 11.5 Å². The summed E-state index contributed by atoms with van der Waals surface area (Å²) in [5.74, 6) is -0.0193. The molecule has 8 heteroatoms. The molecule has 0 bridgehead atoms. The molecule has 102 valence electrons. The van der Waals surface area contributed by atoms with Gasteiger partial charge >= 0.3 is 0 Å². The second kappa shape index (κ2) is 4.71. The van der Waals surface area contributed by atoms with Crippen molar-refractivity contribution in [1.29, 1.82) is 0 Å². The molecule has 3 rings (SSSR count). The Morgan fingerprint density at radius 2 is 2.32 bits per heavy atom. The number of aromatic nitrogens is 4. The average Bonchev–Trinajstić information content (AvgIpc) is 3.02. The molecule has 7 nitrogen and oxygen atoms in total. The van der Waals surface area contributed by atoms with E-state index in [4.69, 9.17) is 10.5 Å². The van der Waals surface area contributed by atoms with Crippen LogP contribution in [0, 0.1) is 5.92 Å². The first-order valence-electron chi connectivity index (χ1n) is 6.00. The third-order valence-electron chi connectivity index (χ3n) is 3.44. The second-order valence-electron chi connectivity index (χ2n) is 4.54. The minimum absolute atomic E-state index is 0.200. The van der Waals surface area contributed by atoms with Crippen molar-refractivity contribution in [1.82, 2.24) is 19.5 Å². The molecule has 0 aromatic carbocycles. The van der Waals surface area contributed by atoms with Crippen LogP contribution in [-0.2, 0) is 4.74 Å². The van der Waals surface area contributed by atoms with Gasteiger partial charge in [0.1, 0.15) is 18.1 Å². The molecular formula is C11H14FN5O2. The number of hydrogen-bond donors (Lipinski definition) is 2. The van der Waals surface area contributed by atoms with E-state index >= 15 is 0 Å². The van der Waals surface area contributed by atoms with Gasteiger partial charge in [-0.05, 0) is 0 Å². The van der Waals surface area contributed by atoms with Gasteiger partial charge in [0.05, 0.1) is 25.7 Å². The zero-order valence-corrected chi connectivity index (χ0v) is 10.1. The number of fused-ring (bicyclic) bond motifs is 1. The Hall–Kier alpha value is -1.80. The molecule has 2 aromatic heterocycles. The number of rotatable bonds is 3. The molecule has 19 heavy (non-hydrogen) atoms. The highest BCUT2D eigenvalue weighted by Crippen LogP contribution is 2.35. The zero-order chi connectivity index (χ0) is 13.4. The molecule has 0 amide bonds. The smallest absolute Gasteiger partial charge is 0.167 e. The largest absolute Gasteiger partial charge is 0.394 e. The van der Waals surface area contributed by atoms with Crippen LogP contribution in [0.25, 0.3) is 11.2 Å². The molecule has 3 atom stereocenters. The number of halogens is 1. The van der Waals surface area contributed by atoms with Gasteiger partial charge < -0.3 is 15.6 Å². The molecule has 1 fully saturated rings. The van der Waals surface area contributed by atoms with Crippen LogP contribution in [0.2, 0.25) is 0 Å². The van der Waals surface area contributed by atoms with Gasteiger partial charge in [-0.1, -0.05) is 0 Å². The fraction of sp³-hybridized carbons (Fsp3) is 0.545. The van der Waals surface area contributed by atoms with Gasteiger partial charge in [-0.2, -0.15) is 0 Å². The molecule has 3 N–H and O–H groups in total. The van der Waals surface area contributed by atoms with Gasteiger partial charge in [0.25, 0.3) is 0 Å². The molecule has 1 aliphatic rings. The van der Waals surface area contributed by atoms with Gasteiger partial charge in [0.2, 0.25) is 0 Å². The van der Waals surface area contributed by atoms with Crippen molar-refractivity contribution in [3.63, 3.8) is 0 Å². The first-order chi connectivity index (χ1) is 9.24. The summed E-state index contributed by atoms with van der Waals surface area (Å²) in [4.78, 5) is 12.1. The summed E-state index contributed by atoms with van der Waals surface area (Å²) in [5.41, 5.74) is 6.75. The van der Waals surface area contributed by atoms with Crippen LogP contribution in [-0.4, -0.2) is 44.0 Å². The summed E-state index contributed by atoms with van der Waals surface area (Å²) in [6, 6.07) is 0. The molecule has 3 heterocycles. The highest BCUT2D eigenvalue weighted by molar-refractivity contribution is 5.81. The first-order valence-corrected chi connectivity index (χ1v) is 6.00. The van der Waals surface area contributed by atoms with Crippen LogP contribution in [0.3, 0.4) is 0 Å². The van der Waals surface area contributed by atoms with Crippen LogP contribution in [0.1, 0.15) is 12.6 Å². The van der Waals surface area contributed by atoms with E-state index < -0.39 is 19.0 Å². The number of anilines is 1. The van der Waals surface area contributed by atoms with E-state index in [9.17, 15) is 9.50 Å². The fourth-order valence-electron chi connectivity index (χ4n) is 2.39. The van der Waals surface area contributed by atoms with Crippen molar-refractivity contribution >= 4 is 17.0 Å². The Morgan fingerprint density at radius 1 is 1.47 bits per heavy atom. The van der Waals surface area contributed by atoms with Crippen molar-refractivity contribution < 1.29 is 14.2 Å². The highest BCUT2D eigenvalue weighted by Gasteiger charge is 2.36. The predicted molar refractivity (Wildman–Crippen MR) is 64.8 cm³/mol. The molecule has 2 aromatic rings. The number of hydrogen-bond acceptors (Lipinski definition) is 6. The SMILES string of the molecule is Nc1ncnc2c1ncn2[C@H]1CC(CF)[C@@H](CO)O1. The maximum Gasteiger partial charge on any atom is 0.167 e. The number of nitrogen functional groups attached to an aromatic ring is 1. The Bertz CT molecular complexity index is 577. The Morgan fingerprint density at radius 3 is 3.00 bits per heavy atom. The van der Waals surface area contributed by atoms with Gasteiger partial charge in [-0.3, -0.25) is 8.96 Å². The molecule has 1 unspecified atom stereocenters. The van der Waals surface area contributed by atoms with Crippen LogP contribution >= 0.6 is 0 Å². The van der Waals surface area contributed by atoms with Crippen molar-refractivity contribution in [3.05, 3.63) is 12.7 Å². The number of nitrogens with zero attached hydrogens (tertiary/aromatic N) is 4. The van der Waals surface area contributed by atoms with E-state index in [1.807, 2.05) is 0 Å². The number of aliphatic hydroxyl groups is 1. The Balaban J connectivity index is 1.95. The number of nitrogens with two attached hydrogens (primary N) is 1. The molecule has 1 aliphatic heterocycles. The predicted octanol–water partition coefficient (Wildman–Crippen LogP) is 0.274. The minimum atomic E-state index is -0.522. The first kappa shape index (κ1) is 12.2. The Kier molecular flexibility index (Phi) is 3.03. The summed E-state index contributed by atoms with van der Waals surface area (Å²) < 4.78 is 20.2. The van der Waals surface area contributed by atoms with Crippen LogP contribution in [0.5, 0.6) is 0 Å². The van der Waals surface area contributed by atoms with Crippen molar-refractivity contribution in [2.75, 3.05) is 19.0 Å².